The highest BCUT2D eigenvalue weighted by Crippen LogP contribution is 2.20. The Kier molecular flexibility index (Phi) is 7.06. The van der Waals surface area contributed by atoms with Crippen molar-refractivity contribution >= 4 is 11.9 Å². The van der Waals surface area contributed by atoms with E-state index in [1.165, 1.54) is 5.56 Å². The first-order valence-corrected chi connectivity index (χ1v) is 8.76. The Morgan fingerprint density at radius 1 is 1.28 bits per heavy atom. The number of benzene rings is 1. The number of hydrogen-bond acceptors (Lipinski definition) is 4. The average Bonchev–Trinajstić information content (AvgIpc) is 2.60. The molecular formula is C18H28N4O3. The second-order valence-electron chi connectivity index (χ2n) is 6.50. The molecule has 1 saturated heterocycles. The van der Waals surface area contributed by atoms with E-state index in [9.17, 15) is 9.59 Å². The molecule has 0 unspecified atom stereocenters. The molecule has 2 rings (SSSR count). The maximum absolute atomic E-state index is 12.4. The highest BCUT2D eigenvalue weighted by Gasteiger charge is 2.26. The van der Waals surface area contributed by atoms with Gasteiger partial charge in [-0.25, -0.2) is 4.79 Å². The van der Waals surface area contributed by atoms with Crippen molar-refractivity contribution in [2.75, 3.05) is 19.6 Å². The van der Waals surface area contributed by atoms with Crippen molar-refractivity contribution in [3.05, 3.63) is 29.8 Å². The Morgan fingerprint density at radius 3 is 2.52 bits per heavy atom. The van der Waals surface area contributed by atoms with Crippen LogP contribution in [0.3, 0.4) is 0 Å². The fourth-order valence-electron chi connectivity index (χ4n) is 2.89. The van der Waals surface area contributed by atoms with Crippen LogP contribution in [0, 0.1) is 6.92 Å². The lowest BCUT2D eigenvalue weighted by Crippen LogP contribution is -2.48. The summed E-state index contributed by atoms with van der Waals surface area (Å²) in [4.78, 5) is 24.8. The van der Waals surface area contributed by atoms with Gasteiger partial charge in [0.1, 0.15) is 11.9 Å². The summed E-state index contributed by atoms with van der Waals surface area (Å²) in [5, 5.41) is 2.49. The molecule has 1 aromatic rings. The third-order valence-electron chi connectivity index (χ3n) is 4.39. The van der Waals surface area contributed by atoms with Crippen molar-refractivity contribution < 1.29 is 14.3 Å². The summed E-state index contributed by atoms with van der Waals surface area (Å²) in [6.45, 7) is 3.79. The van der Waals surface area contributed by atoms with Crippen molar-refractivity contribution in [1.29, 1.82) is 0 Å². The van der Waals surface area contributed by atoms with E-state index in [2.05, 4.69) is 5.32 Å². The van der Waals surface area contributed by atoms with E-state index in [0.29, 0.717) is 32.5 Å². The number of ether oxygens (including phenoxy) is 1. The summed E-state index contributed by atoms with van der Waals surface area (Å²) in [6, 6.07) is 6.91. The number of amides is 3. The summed E-state index contributed by atoms with van der Waals surface area (Å²) >= 11 is 0. The number of hydrogen-bond donors (Lipinski definition) is 3. The van der Waals surface area contributed by atoms with E-state index in [-0.39, 0.29) is 12.0 Å². The van der Waals surface area contributed by atoms with Gasteiger partial charge in [-0.15, -0.1) is 0 Å². The summed E-state index contributed by atoms with van der Waals surface area (Å²) in [6.07, 6.45) is 2.88. The van der Waals surface area contributed by atoms with Gasteiger partial charge in [-0.2, -0.15) is 0 Å². The highest BCUT2D eigenvalue weighted by molar-refractivity contribution is 5.81. The largest absolute Gasteiger partial charge is 0.490 e. The number of aryl methyl sites for hydroxylation is 1. The lowest BCUT2D eigenvalue weighted by atomic mass is 10.0. The van der Waals surface area contributed by atoms with Crippen LogP contribution < -0.4 is 21.5 Å². The van der Waals surface area contributed by atoms with Gasteiger partial charge in [-0.1, -0.05) is 17.7 Å². The van der Waals surface area contributed by atoms with Gasteiger partial charge in [0.25, 0.3) is 0 Å². The minimum atomic E-state index is -0.560. The van der Waals surface area contributed by atoms with Crippen molar-refractivity contribution in [3.8, 4) is 5.75 Å². The number of nitrogens with two attached hydrogens (primary N) is 2. The molecule has 1 atom stereocenters. The van der Waals surface area contributed by atoms with Crippen LogP contribution in [-0.4, -0.2) is 48.6 Å². The monoisotopic (exact) mass is 348 g/mol. The van der Waals surface area contributed by atoms with Gasteiger partial charge < -0.3 is 26.4 Å². The number of urea groups is 1. The second-order valence-corrected chi connectivity index (χ2v) is 6.50. The smallest absolute Gasteiger partial charge is 0.312 e. The number of rotatable bonds is 7. The van der Waals surface area contributed by atoms with Crippen molar-refractivity contribution in [3.63, 3.8) is 0 Å². The minimum absolute atomic E-state index is 0.0344. The number of nitrogens with zero attached hydrogens (tertiary/aromatic N) is 1. The van der Waals surface area contributed by atoms with E-state index < -0.39 is 12.1 Å². The fourth-order valence-corrected chi connectivity index (χ4v) is 2.89. The molecule has 1 aliphatic heterocycles. The van der Waals surface area contributed by atoms with Crippen LogP contribution >= 0.6 is 0 Å². The molecule has 25 heavy (non-hydrogen) atoms. The van der Waals surface area contributed by atoms with Crippen molar-refractivity contribution in [1.82, 2.24) is 10.2 Å². The van der Waals surface area contributed by atoms with Gasteiger partial charge in [-0.3, -0.25) is 4.79 Å². The second kappa shape index (κ2) is 9.27. The predicted octanol–water partition coefficient (Wildman–Crippen LogP) is 1.14. The molecule has 0 saturated carbocycles. The number of carbonyl (C=O) groups is 2. The molecule has 7 heteroatoms. The molecule has 3 amide bonds. The van der Waals surface area contributed by atoms with E-state index in [0.717, 1.165) is 18.6 Å². The molecule has 0 radical (unpaired) electrons. The Bertz CT molecular complexity index is 568. The summed E-state index contributed by atoms with van der Waals surface area (Å²) in [7, 11) is 0. The molecule has 1 aliphatic rings. The molecule has 0 aliphatic carbocycles. The maximum Gasteiger partial charge on any atom is 0.312 e. The van der Waals surface area contributed by atoms with Gasteiger partial charge in [-0.05, 0) is 31.9 Å². The minimum Gasteiger partial charge on any atom is -0.490 e. The first-order valence-electron chi connectivity index (χ1n) is 8.76. The molecule has 0 aromatic heterocycles. The summed E-state index contributed by atoms with van der Waals surface area (Å²) in [5.41, 5.74) is 12.2. The highest BCUT2D eigenvalue weighted by atomic mass is 16.5. The normalized spacial score (nSPS) is 16.3. The standard InChI is InChI=1S/C18H28N4O3/c1-13-4-6-14(7-5-13)25-15-8-11-22(12-9-15)17(23)16(19)3-2-10-21-18(20)24/h4-7,15-16H,2-3,8-12,19H2,1H3,(H3,20,21,24)/t16-/m0/s1. The Balaban J connectivity index is 1.70. The van der Waals surface area contributed by atoms with Crippen LogP contribution in [0.2, 0.25) is 0 Å². The summed E-state index contributed by atoms with van der Waals surface area (Å²) < 4.78 is 5.98. The van der Waals surface area contributed by atoms with Crippen LogP contribution in [0.25, 0.3) is 0 Å². The first kappa shape index (κ1) is 19.1. The lowest BCUT2D eigenvalue weighted by molar-refractivity contribution is -0.134. The van der Waals surface area contributed by atoms with E-state index >= 15 is 0 Å². The van der Waals surface area contributed by atoms with Gasteiger partial charge in [0, 0.05) is 32.5 Å². The zero-order valence-corrected chi connectivity index (χ0v) is 14.7. The Labute approximate surface area is 148 Å². The molecule has 1 heterocycles. The Morgan fingerprint density at radius 2 is 1.92 bits per heavy atom. The molecule has 138 valence electrons. The van der Waals surface area contributed by atoms with Crippen molar-refractivity contribution in [2.45, 2.75) is 44.8 Å². The number of primary amides is 1. The van der Waals surface area contributed by atoms with E-state index in [1.807, 2.05) is 31.2 Å². The number of nitrogens with one attached hydrogen (secondary N) is 1. The third-order valence-corrected chi connectivity index (χ3v) is 4.39. The quantitative estimate of drug-likeness (QED) is 0.642. The van der Waals surface area contributed by atoms with Crippen LogP contribution in [0.1, 0.15) is 31.2 Å². The molecular weight excluding hydrogens is 320 g/mol. The average molecular weight is 348 g/mol. The van der Waals surface area contributed by atoms with Gasteiger partial charge in [0.15, 0.2) is 0 Å². The van der Waals surface area contributed by atoms with Gasteiger partial charge in [0.05, 0.1) is 6.04 Å². The fraction of sp³-hybridized carbons (Fsp3) is 0.556. The first-order chi connectivity index (χ1) is 12.0. The molecule has 1 fully saturated rings. The van der Waals surface area contributed by atoms with Crippen LogP contribution in [-0.2, 0) is 4.79 Å². The zero-order chi connectivity index (χ0) is 18.2. The lowest BCUT2D eigenvalue weighted by Gasteiger charge is -2.33. The molecule has 7 nitrogen and oxygen atoms in total. The van der Waals surface area contributed by atoms with Gasteiger partial charge in [0.2, 0.25) is 5.91 Å². The topological polar surface area (TPSA) is 111 Å². The van der Waals surface area contributed by atoms with Crippen LogP contribution in [0.5, 0.6) is 5.75 Å². The van der Waals surface area contributed by atoms with Crippen molar-refractivity contribution in [2.24, 2.45) is 11.5 Å². The zero-order valence-electron chi connectivity index (χ0n) is 14.7. The molecule has 0 spiro atoms. The number of piperidine rings is 1. The van der Waals surface area contributed by atoms with Gasteiger partial charge >= 0.3 is 6.03 Å². The van der Waals surface area contributed by atoms with Crippen LogP contribution in [0.4, 0.5) is 4.79 Å². The van der Waals surface area contributed by atoms with E-state index in [4.69, 9.17) is 16.2 Å². The number of likely N-dealkylation sites (tertiary alicyclic amines) is 1. The third kappa shape index (κ3) is 6.26. The molecule has 0 bridgehead atoms. The molecule has 1 aromatic carbocycles. The van der Waals surface area contributed by atoms with Crippen LogP contribution in [0.15, 0.2) is 24.3 Å². The number of carbonyl (C=O) groups excluding carboxylic acids is 2. The Hall–Kier alpha value is -2.28. The summed E-state index contributed by atoms with van der Waals surface area (Å²) in [5.74, 6) is 0.835. The SMILES string of the molecule is Cc1ccc(OC2CCN(C(=O)[C@@H](N)CCCNC(N)=O)CC2)cc1. The van der Waals surface area contributed by atoms with E-state index in [1.54, 1.807) is 4.90 Å². The predicted molar refractivity (Wildman–Crippen MR) is 96.2 cm³/mol. The molecule has 5 N–H and O–H groups in total. The maximum atomic E-state index is 12.4.